The number of carbonyl (C=O) groups is 2. The van der Waals surface area contributed by atoms with Crippen LogP contribution in [0.5, 0.6) is 0 Å². The number of amides is 1. The van der Waals surface area contributed by atoms with Gasteiger partial charge in [-0.3, -0.25) is 4.79 Å². The number of fused-ring (bicyclic) bond motifs is 1. The number of aromatic nitrogens is 4. The molecule has 0 atom stereocenters. The van der Waals surface area contributed by atoms with E-state index in [1.165, 1.54) is 4.52 Å². The van der Waals surface area contributed by atoms with Gasteiger partial charge in [0.25, 0.3) is 17.5 Å². The molecule has 0 saturated heterocycles. The molecule has 30 heavy (non-hydrogen) atoms. The molecule has 1 aliphatic rings. The minimum Gasteiger partial charge on any atom is -0.467 e. The van der Waals surface area contributed by atoms with Crippen molar-refractivity contribution in [3.63, 3.8) is 0 Å². The monoisotopic (exact) mass is 409 g/mol. The average molecular weight is 409 g/mol. The highest BCUT2D eigenvalue weighted by molar-refractivity contribution is 5.88. The van der Waals surface area contributed by atoms with Gasteiger partial charge < -0.3 is 14.1 Å². The predicted molar refractivity (Wildman–Crippen MR) is 106 cm³/mol. The van der Waals surface area contributed by atoms with Crippen molar-refractivity contribution in [3.8, 4) is 0 Å². The Labute approximate surface area is 173 Å². The van der Waals surface area contributed by atoms with E-state index in [1.54, 1.807) is 17.2 Å². The largest absolute Gasteiger partial charge is 0.467 e. The second-order valence-corrected chi connectivity index (χ2v) is 7.26. The molecule has 0 unspecified atom stereocenters. The van der Waals surface area contributed by atoms with Crippen LogP contribution in [-0.2, 0) is 16.1 Å². The topological polar surface area (TPSA) is 103 Å². The van der Waals surface area contributed by atoms with Gasteiger partial charge in [-0.15, -0.1) is 5.10 Å². The molecule has 0 radical (unpaired) electrons. The first-order chi connectivity index (χ1) is 14.5. The second-order valence-electron chi connectivity index (χ2n) is 7.26. The Morgan fingerprint density at radius 1 is 1.27 bits per heavy atom. The molecule has 3 aromatic rings. The molecule has 0 fully saturated rings. The smallest absolute Gasteiger partial charge is 0.378 e. The van der Waals surface area contributed by atoms with Crippen LogP contribution in [0.15, 0.2) is 40.7 Å². The number of aryl methyl sites for hydroxylation is 2. The fourth-order valence-electron chi connectivity index (χ4n) is 3.50. The highest BCUT2D eigenvalue weighted by atomic mass is 16.5. The standard InChI is InChI=1S/C21H23N5O4/c1-14-11-15(2)26-21(22-14)23-19(24-26)20(28)30-13-18(27)25(12-17-9-6-10-29-17)16-7-4-3-5-8-16/h6-7,9-11H,3-5,8,12-13H2,1-2H3. The van der Waals surface area contributed by atoms with Gasteiger partial charge in [0.1, 0.15) is 5.76 Å². The molecule has 0 saturated carbocycles. The summed E-state index contributed by atoms with van der Waals surface area (Å²) < 4.78 is 12.1. The Bertz CT molecular complexity index is 1100. The van der Waals surface area contributed by atoms with Crippen LogP contribution in [0.2, 0.25) is 0 Å². The molecule has 0 spiro atoms. The number of furan rings is 1. The predicted octanol–water partition coefficient (Wildman–Crippen LogP) is 2.98. The van der Waals surface area contributed by atoms with Crippen LogP contribution in [0.3, 0.4) is 0 Å². The van der Waals surface area contributed by atoms with E-state index in [0.717, 1.165) is 42.8 Å². The molecule has 1 amide bonds. The summed E-state index contributed by atoms with van der Waals surface area (Å²) >= 11 is 0. The van der Waals surface area contributed by atoms with Gasteiger partial charge in [0, 0.05) is 17.1 Å². The molecule has 3 heterocycles. The quantitative estimate of drug-likeness (QED) is 0.577. The van der Waals surface area contributed by atoms with E-state index in [1.807, 2.05) is 26.0 Å². The third-order valence-corrected chi connectivity index (χ3v) is 4.94. The first-order valence-electron chi connectivity index (χ1n) is 9.91. The summed E-state index contributed by atoms with van der Waals surface area (Å²) in [5, 5.41) is 4.14. The molecular formula is C21H23N5O4. The highest BCUT2D eigenvalue weighted by Gasteiger charge is 2.24. The van der Waals surface area contributed by atoms with Crippen molar-refractivity contribution >= 4 is 17.7 Å². The van der Waals surface area contributed by atoms with Gasteiger partial charge in [0.05, 0.1) is 12.8 Å². The molecule has 1 aliphatic carbocycles. The average Bonchev–Trinajstić information content (AvgIpc) is 3.40. The van der Waals surface area contributed by atoms with Crippen LogP contribution in [0, 0.1) is 13.8 Å². The van der Waals surface area contributed by atoms with Crippen molar-refractivity contribution in [3.05, 3.63) is 59.2 Å². The first kappa shape index (κ1) is 19.8. The fourth-order valence-corrected chi connectivity index (χ4v) is 3.50. The number of rotatable bonds is 6. The first-order valence-corrected chi connectivity index (χ1v) is 9.91. The maximum absolute atomic E-state index is 12.9. The molecule has 9 nitrogen and oxygen atoms in total. The van der Waals surface area contributed by atoms with E-state index in [0.29, 0.717) is 18.1 Å². The lowest BCUT2D eigenvalue weighted by Gasteiger charge is -2.26. The molecule has 156 valence electrons. The lowest BCUT2D eigenvalue weighted by molar-refractivity contribution is -0.133. The summed E-state index contributed by atoms with van der Waals surface area (Å²) in [5.74, 6) is -0.223. The van der Waals surface area contributed by atoms with E-state index >= 15 is 0 Å². The number of carbonyl (C=O) groups excluding carboxylic acids is 2. The molecule has 0 aromatic carbocycles. The zero-order valence-corrected chi connectivity index (χ0v) is 17.0. The lowest BCUT2D eigenvalue weighted by atomic mass is 10.0. The molecule has 4 rings (SSSR count). The Morgan fingerprint density at radius 2 is 2.13 bits per heavy atom. The summed E-state index contributed by atoms with van der Waals surface area (Å²) in [6, 6.07) is 5.43. The zero-order chi connectivity index (χ0) is 21.1. The molecule has 0 aliphatic heterocycles. The number of hydrogen-bond donors (Lipinski definition) is 0. The maximum atomic E-state index is 12.9. The zero-order valence-electron chi connectivity index (χ0n) is 17.0. The summed E-state index contributed by atoms with van der Waals surface area (Å²) in [7, 11) is 0. The normalized spacial score (nSPS) is 13.9. The molecule has 9 heteroatoms. The van der Waals surface area contributed by atoms with Crippen LogP contribution in [-0.4, -0.2) is 43.0 Å². The Balaban J connectivity index is 1.46. The minimum atomic E-state index is -0.763. The Morgan fingerprint density at radius 3 is 2.87 bits per heavy atom. The van der Waals surface area contributed by atoms with Crippen LogP contribution in [0.25, 0.3) is 5.78 Å². The van der Waals surface area contributed by atoms with Gasteiger partial charge in [0.15, 0.2) is 6.61 Å². The molecular weight excluding hydrogens is 386 g/mol. The lowest BCUT2D eigenvalue weighted by Crippen LogP contribution is -2.34. The van der Waals surface area contributed by atoms with Crippen LogP contribution in [0.4, 0.5) is 0 Å². The van der Waals surface area contributed by atoms with E-state index in [4.69, 9.17) is 9.15 Å². The van der Waals surface area contributed by atoms with Crippen molar-refractivity contribution in [2.75, 3.05) is 6.61 Å². The number of ether oxygens (including phenoxy) is 1. The van der Waals surface area contributed by atoms with Crippen molar-refractivity contribution in [2.24, 2.45) is 0 Å². The Hall–Kier alpha value is -3.49. The van der Waals surface area contributed by atoms with E-state index < -0.39 is 12.6 Å². The number of esters is 1. The molecule has 0 bridgehead atoms. The van der Waals surface area contributed by atoms with Crippen molar-refractivity contribution in [1.29, 1.82) is 0 Å². The SMILES string of the molecule is Cc1cc(C)n2nc(C(=O)OCC(=O)N(Cc3ccco3)C3=CCCCC3)nc2n1. The van der Waals surface area contributed by atoms with E-state index in [9.17, 15) is 9.59 Å². The van der Waals surface area contributed by atoms with Gasteiger partial charge >= 0.3 is 5.97 Å². The van der Waals surface area contributed by atoms with E-state index in [-0.39, 0.29) is 11.7 Å². The van der Waals surface area contributed by atoms with Crippen molar-refractivity contribution in [1.82, 2.24) is 24.5 Å². The van der Waals surface area contributed by atoms with Crippen molar-refractivity contribution < 1.29 is 18.7 Å². The van der Waals surface area contributed by atoms with Gasteiger partial charge in [-0.1, -0.05) is 6.08 Å². The summed E-state index contributed by atoms with van der Waals surface area (Å²) in [6.07, 6.45) is 7.48. The summed E-state index contributed by atoms with van der Waals surface area (Å²) in [6.45, 7) is 3.58. The fraction of sp³-hybridized carbons (Fsp3) is 0.381. The number of nitrogens with zero attached hydrogens (tertiary/aromatic N) is 5. The summed E-state index contributed by atoms with van der Waals surface area (Å²) in [5.41, 5.74) is 2.51. The van der Waals surface area contributed by atoms with E-state index in [2.05, 4.69) is 21.1 Å². The van der Waals surface area contributed by atoms with Gasteiger partial charge in [-0.2, -0.15) is 4.98 Å². The third kappa shape index (κ3) is 4.24. The van der Waals surface area contributed by atoms with Crippen LogP contribution in [0.1, 0.15) is 53.5 Å². The number of allylic oxidation sites excluding steroid dienone is 2. The van der Waals surface area contributed by atoms with Gasteiger partial charge in [0.2, 0.25) is 0 Å². The van der Waals surface area contributed by atoms with Gasteiger partial charge in [-0.25, -0.2) is 14.3 Å². The highest BCUT2D eigenvalue weighted by Crippen LogP contribution is 2.23. The third-order valence-electron chi connectivity index (χ3n) is 4.94. The van der Waals surface area contributed by atoms with Gasteiger partial charge in [-0.05, 0) is 57.7 Å². The van der Waals surface area contributed by atoms with Crippen molar-refractivity contribution in [2.45, 2.75) is 46.1 Å². The summed E-state index contributed by atoms with van der Waals surface area (Å²) in [4.78, 5) is 35.3. The maximum Gasteiger partial charge on any atom is 0.378 e. The second kappa shape index (κ2) is 8.48. The Kier molecular flexibility index (Phi) is 5.60. The minimum absolute atomic E-state index is 0.126. The van der Waals surface area contributed by atoms with Crippen LogP contribution < -0.4 is 0 Å². The number of hydrogen-bond acceptors (Lipinski definition) is 7. The molecule has 3 aromatic heterocycles. The van der Waals surface area contributed by atoms with Crippen LogP contribution >= 0.6 is 0 Å². The molecule has 0 N–H and O–H groups in total.